The summed E-state index contributed by atoms with van der Waals surface area (Å²) in [6.45, 7) is 0.923. The Hall–Kier alpha value is -2.69. The first-order valence-corrected chi connectivity index (χ1v) is 10.0. The van der Waals surface area contributed by atoms with E-state index >= 15 is 0 Å². The first-order valence-electron chi connectivity index (χ1n) is 8.19. The lowest BCUT2D eigenvalue weighted by Gasteiger charge is -2.28. The van der Waals surface area contributed by atoms with Crippen LogP contribution in [0.15, 0.2) is 42.5 Å². The molecule has 0 spiro atoms. The van der Waals surface area contributed by atoms with Crippen LogP contribution in [0.2, 0.25) is 0 Å². The van der Waals surface area contributed by atoms with Crippen LogP contribution in [-0.2, 0) is 27.5 Å². The van der Waals surface area contributed by atoms with Crippen LogP contribution >= 0.6 is 0 Å². The maximum atomic E-state index is 13.5. The molecule has 2 aromatic rings. The maximum absolute atomic E-state index is 13.5. The minimum atomic E-state index is -4.55. The van der Waals surface area contributed by atoms with Gasteiger partial charge in [0.05, 0.1) is 17.5 Å². The van der Waals surface area contributed by atoms with Gasteiger partial charge in [-0.05, 0) is 36.8 Å². The molecular weight excluding hydrogens is 419 g/mol. The number of nitrogens with zero attached hydrogens (tertiary/aromatic N) is 1. The second kappa shape index (κ2) is 8.36. The minimum absolute atomic E-state index is 0.152. The second-order valence-corrected chi connectivity index (χ2v) is 8.11. The zero-order chi connectivity index (χ0) is 22.0. The van der Waals surface area contributed by atoms with E-state index in [2.05, 4.69) is 5.32 Å². The van der Waals surface area contributed by atoms with E-state index in [9.17, 15) is 35.2 Å². The Balaban J connectivity index is 2.21. The number of benzene rings is 2. The molecule has 1 atom stereocenters. The summed E-state index contributed by atoms with van der Waals surface area (Å²) in [5.41, 5.74) is -1.01. The zero-order valence-corrected chi connectivity index (χ0v) is 16.1. The molecule has 0 radical (unpaired) electrons. The molecule has 0 saturated carbocycles. The van der Waals surface area contributed by atoms with E-state index in [0.29, 0.717) is 10.4 Å². The molecule has 0 saturated heterocycles. The van der Waals surface area contributed by atoms with Gasteiger partial charge in [0.25, 0.3) is 0 Å². The molecule has 158 valence electrons. The highest BCUT2D eigenvalue weighted by Crippen LogP contribution is 2.29. The molecule has 0 bridgehead atoms. The average molecular weight is 436 g/mol. The van der Waals surface area contributed by atoms with E-state index in [1.807, 2.05) is 0 Å². The summed E-state index contributed by atoms with van der Waals surface area (Å²) in [7, 11) is -4.07. The van der Waals surface area contributed by atoms with E-state index in [-0.39, 0.29) is 17.8 Å². The number of amides is 1. The van der Waals surface area contributed by atoms with Gasteiger partial charge in [-0.2, -0.15) is 13.2 Å². The Labute approximate surface area is 164 Å². The van der Waals surface area contributed by atoms with Crippen LogP contribution in [-0.4, -0.2) is 26.6 Å². The van der Waals surface area contributed by atoms with Gasteiger partial charge in [0.1, 0.15) is 6.04 Å². The van der Waals surface area contributed by atoms with Crippen molar-refractivity contribution in [3.63, 3.8) is 0 Å². The number of sulfonamides is 1. The Morgan fingerprint density at radius 3 is 2.31 bits per heavy atom. The predicted molar refractivity (Wildman–Crippen MR) is 96.4 cm³/mol. The number of rotatable bonds is 6. The van der Waals surface area contributed by atoms with Crippen LogP contribution in [0.1, 0.15) is 18.1 Å². The standard InChI is InChI=1S/C18H17F5N2O3S/c1-11(25(29(2,27)28)14-6-7-15(19)16(20)9-14)17(26)24-10-12-4-3-5-13(8-12)18(21,22)23/h3-9,11H,10H2,1-2H3,(H,24,26)/t11-/m1/s1. The number of halogens is 5. The SMILES string of the molecule is C[C@H](C(=O)NCc1cccc(C(F)(F)F)c1)N(c1ccc(F)c(F)c1)S(C)(=O)=O. The first-order chi connectivity index (χ1) is 13.3. The van der Waals surface area contributed by atoms with Crippen LogP contribution < -0.4 is 9.62 Å². The normalized spacial score (nSPS) is 13.1. The summed E-state index contributed by atoms with van der Waals surface area (Å²) in [5, 5.41) is 2.35. The number of hydrogen-bond donors (Lipinski definition) is 1. The summed E-state index contributed by atoms with van der Waals surface area (Å²) in [4.78, 5) is 12.4. The zero-order valence-electron chi connectivity index (χ0n) is 15.3. The Kier molecular flexibility index (Phi) is 6.51. The quantitative estimate of drug-likeness (QED) is 0.706. The summed E-state index contributed by atoms with van der Waals surface area (Å²) in [6, 6.07) is 5.25. The molecule has 11 heteroatoms. The van der Waals surface area contributed by atoms with Crippen LogP contribution in [0, 0.1) is 11.6 Å². The fourth-order valence-corrected chi connectivity index (χ4v) is 3.79. The number of nitrogens with one attached hydrogen (secondary N) is 1. The van der Waals surface area contributed by atoms with Gasteiger partial charge in [-0.25, -0.2) is 17.2 Å². The molecule has 0 unspecified atom stereocenters. The van der Waals surface area contributed by atoms with Gasteiger partial charge in [0, 0.05) is 12.6 Å². The molecule has 0 aliphatic heterocycles. The maximum Gasteiger partial charge on any atom is 0.416 e. The van der Waals surface area contributed by atoms with E-state index < -0.39 is 45.3 Å². The Bertz CT molecular complexity index is 1010. The monoisotopic (exact) mass is 436 g/mol. The molecule has 0 fully saturated rings. The Morgan fingerprint density at radius 1 is 1.10 bits per heavy atom. The van der Waals surface area contributed by atoms with E-state index in [0.717, 1.165) is 30.5 Å². The van der Waals surface area contributed by atoms with Crippen molar-refractivity contribution in [1.82, 2.24) is 5.32 Å². The molecule has 5 nitrogen and oxygen atoms in total. The highest BCUT2D eigenvalue weighted by Gasteiger charge is 2.31. The summed E-state index contributed by atoms with van der Waals surface area (Å²) in [5.74, 6) is -3.32. The molecule has 0 aliphatic rings. The smallest absolute Gasteiger partial charge is 0.350 e. The lowest BCUT2D eigenvalue weighted by atomic mass is 10.1. The highest BCUT2D eigenvalue weighted by molar-refractivity contribution is 7.92. The van der Waals surface area contributed by atoms with Crippen molar-refractivity contribution in [2.45, 2.75) is 25.7 Å². The Morgan fingerprint density at radius 2 is 1.76 bits per heavy atom. The minimum Gasteiger partial charge on any atom is -0.350 e. The second-order valence-electron chi connectivity index (χ2n) is 6.25. The third-order valence-electron chi connectivity index (χ3n) is 3.97. The van der Waals surface area contributed by atoms with Crippen molar-refractivity contribution in [2.24, 2.45) is 0 Å². The first kappa shape index (κ1) is 22.6. The third-order valence-corrected chi connectivity index (χ3v) is 5.21. The lowest BCUT2D eigenvalue weighted by molar-refractivity contribution is -0.137. The third kappa shape index (κ3) is 5.66. The van der Waals surface area contributed by atoms with Crippen LogP contribution in [0.25, 0.3) is 0 Å². The van der Waals surface area contributed by atoms with E-state index in [1.54, 1.807) is 0 Å². The number of carbonyl (C=O) groups is 1. The summed E-state index contributed by atoms with van der Waals surface area (Å²) < 4.78 is 89.7. The summed E-state index contributed by atoms with van der Waals surface area (Å²) in [6.07, 6.45) is -3.77. The molecule has 0 aliphatic carbocycles. The highest BCUT2D eigenvalue weighted by atomic mass is 32.2. The van der Waals surface area contributed by atoms with Crippen molar-refractivity contribution in [3.05, 3.63) is 65.2 Å². The van der Waals surface area contributed by atoms with Gasteiger partial charge in [0.15, 0.2) is 11.6 Å². The number of hydrogen-bond acceptors (Lipinski definition) is 3. The topological polar surface area (TPSA) is 66.5 Å². The van der Waals surface area contributed by atoms with Gasteiger partial charge in [-0.1, -0.05) is 12.1 Å². The molecule has 2 rings (SSSR count). The van der Waals surface area contributed by atoms with Crippen molar-refractivity contribution < 1.29 is 35.2 Å². The molecule has 29 heavy (non-hydrogen) atoms. The van der Waals surface area contributed by atoms with Gasteiger partial charge in [-0.15, -0.1) is 0 Å². The predicted octanol–water partition coefficient (Wildman–Crippen LogP) is 3.45. The fraction of sp³-hybridized carbons (Fsp3) is 0.278. The van der Waals surface area contributed by atoms with Crippen LogP contribution in [0.3, 0.4) is 0 Å². The average Bonchev–Trinajstić information content (AvgIpc) is 2.61. The number of alkyl halides is 3. The lowest BCUT2D eigenvalue weighted by Crippen LogP contribution is -2.47. The summed E-state index contributed by atoms with van der Waals surface area (Å²) >= 11 is 0. The number of carbonyl (C=O) groups excluding carboxylic acids is 1. The molecule has 0 aromatic heterocycles. The van der Waals surface area contributed by atoms with Gasteiger partial charge in [-0.3, -0.25) is 9.10 Å². The van der Waals surface area contributed by atoms with Crippen molar-refractivity contribution >= 4 is 21.6 Å². The van der Waals surface area contributed by atoms with Crippen molar-refractivity contribution in [1.29, 1.82) is 0 Å². The van der Waals surface area contributed by atoms with Gasteiger partial charge < -0.3 is 5.32 Å². The largest absolute Gasteiger partial charge is 0.416 e. The molecule has 1 N–H and O–H groups in total. The van der Waals surface area contributed by atoms with Gasteiger partial charge >= 0.3 is 6.18 Å². The fourth-order valence-electron chi connectivity index (χ4n) is 2.63. The molecule has 1 amide bonds. The van der Waals surface area contributed by atoms with E-state index in [4.69, 9.17) is 0 Å². The van der Waals surface area contributed by atoms with Gasteiger partial charge in [0.2, 0.25) is 15.9 Å². The number of anilines is 1. The van der Waals surface area contributed by atoms with Crippen molar-refractivity contribution in [2.75, 3.05) is 10.6 Å². The van der Waals surface area contributed by atoms with Crippen LogP contribution in [0.5, 0.6) is 0 Å². The van der Waals surface area contributed by atoms with E-state index in [1.165, 1.54) is 19.1 Å². The molecule has 2 aromatic carbocycles. The van der Waals surface area contributed by atoms with Crippen LogP contribution in [0.4, 0.5) is 27.6 Å². The molecule has 0 heterocycles. The molecular formula is C18H17F5N2O3S. The van der Waals surface area contributed by atoms with Crippen molar-refractivity contribution in [3.8, 4) is 0 Å².